The quantitative estimate of drug-likeness (QED) is 0.690. The highest BCUT2D eigenvalue weighted by atomic mass is 16.5. The minimum Gasteiger partial charge on any atom is -0.496 e. The zero-order valence-corrected chi connectivity index (χ0v) is 17.3. The molecule has 2 aromatic carbocycles. The predicted octanol–water partition coefficient (Wildman–Crippen LogP) is 2.87. The van der Waals surface area contributed by atoms with Gasteiger partial charge in [0.05, 0.1) is 44.2 Å². The molecule has 0 radical (unpaired) electrons. The molecule has 2 N–H and O–H groups in total. The van der Waals surface area contributed by atoms with Crippen LogP contribution in [0.4, 0.5) is 5.69 Å². The van der Waals surface area contributed by atoms with E-state index >= 15 is 0 Å². The highest BCUT2D eigenvalue weighted by molar-refractivity contribution is 6.10. The number of anilines is 1. The smallest absolute Gasteiger partial charge is 0.259 e. The van der Waals surface area contributed by atoms with Crippen molar-refractivity contribution in [3.8, 4) is 17.2 Å². The highest BCUT2D eigenvalue weighted by Gasteiger charge is 2.21. The molecule has 1 heterocycles. The van der Waals surface area contributed by atoms with Gasteiger partial charge in [-0.05, 0) is 25.0 Å². The molecule has 0 spiro atoms. The Bertz CT molecular complexity index is 908. The van der Waals surface area contributed by atoms with Gasteiger partial charge in [-0.25, -0.2) is 0 Å². The van der Waals surface area contributed by atoms with Crippen molar-refractivity contribution >= 4 is 17.5 Å². The molecule has 1 atom stereocenters. The lowest BCUT2D eigenvalue weighted by Crippen LogP contribution is -2.32. The number of amides is 2. The summed E-state index contributed by atoms with van der Waals surface area (Å²) in [5, 5.41) is 5.67. The molecule has 0 aliphatic carbocycles. The van der Waals surface area contributed by atoms with E-state index in [1.165, 1.54) is 27.4 Å². The first-order chi connectivity index (χ1) is 14.6. The molecule has 1 fully saturated rings. The monoisotopic (exact) mass is 414 g/mol. The van der Waals surface area contributed by atoms with Gasteiger partial charge in [0, 0.05) is 25.3 Å². The fourth-order valence-corrected chi connectivity index (χ4v) is 3.29. The predicted molar refractivity (Wildman–Crippen MR) is 112 cm³/mol. The second-order valence-electron chi connectivity index (χ2n) is 6.75. The minimum atomic E-state index is -0.438. The summed E-state index contributed by atoms with van der Waals surface area (Å²) in [4.78, 5) is 25.6. The van der Waals surface area contributed by atoms with E-state index in [1.807, 2.05) is 0 Å². The Labute approximate surface area is 175 Å². The van der Waals surface area contributed by atoms with Crippen LogP contribution in [0.25, 0.3) is 0 Å². The zero-order chi connectivity index (χ0) is 21.5. The molecular formula is C22H26N2O6. The fourth-order valence-electron chi connectivity index (χ4n) is 3.29. The second-order valence-corrected chi connectivity index (χ2v) is 6.75. The van der Waals surface area contributed by atoms with E-state index in [1.54, 1.807) is 30.3 Å². The van der Waals surface area contributed by atoms with Crippen molar-refractivity contribution in [1.82, 2.24) is 5.32 Å². The third-order valence-electron chi connectivity index (χ3n) is 4.88. The average molecular weight is 414 g/mol. The zero-order valence-electron chi connectivity index (χ0n) is 17.3. The number of carbonyl (C=O) groups is 2. The molecule has 0 aromatic heterocycles. The van der Waals surface area contributed by atoms with Crippen molar-refractivity contribution in [3.05, 3.63) is 47.5 Å². The summed E-state index contributed by atoms with van der Waals surface area (Å²) in [6.45, 7) is 1.16. The van der Waals surface area contributed by atoms with Crippen LogP contribution in [0.15, 0.2) is 36.4 Å². The maximum atomic E-state index is 13.0. The molecule has 2 amide bonds. The lowest BCUT2D eigenvalue weighted by atomic mass is 10.1. The van der Waals surface area contributed by atoms with Crippen molar-refractivity contribution in [1.29, 1.82) is 0 Å². The van der Waals surface area contributed by atoms with Gasteiger partial charge in [-0.3, -0.25) is 9.59 Å². The summed E-state index contributed by atoms with van der Waals surface area (Å²) in [7, 11) is 4.45. The van der Waals surface area contributed by atoms with Crippen LogP contribution in [0.1, 0.15) is 33.6 Å². The lowest BCUT2D eigenvalue weighted by molar-refractivity contribution is 0.0858. The Morgan fingerprint density at radius 3 is 2.33 bits per heavy atom. The molecule has 0 bridgehead atoms. The van der Waals surface area contributed by atoms with Gasteiger partial charge in [-0.15, -0.1) is 0 Å². The normalized spacial score (nSPS) is 15.4. The van der Waals surface area contributed by atoms with Crippen molar-refractivity contribution in [2.75, 3.05) is 39.8 Å². The Morgan fingerprint density at radius 2 is 1.67 bits per heavy atom. The van der Waals surface area contributed by atoms with Gasteiger partial charge in [0.2, 0.25) is 0 Å². The number of carbonyl (C=O) groups excluding carboxylic acids is 2. The molecular weight excluding hydrogens is 388 g/mol. The van der Waals surface area contributed by atoms with Gasteiger partial charge in [0.1, 0.15) is 5.75 Å². The van der Waals surface area contributed by atoms with Crippen LogP contribution in [0.3, 0.4) is 0 Å². The molecule has 3 rings (SSSR count). The molecule has 8 nitrogen and oxygen atoms in total. The Kier molecular flexibility index (Phi) is 7.13. The Hall–Kier alpha value is -3.26. The summed E-state index contributed by atoms with van der Waals surface area (Å²) in [5.74, 6) is 0.448. The molecule has 1 saturated heterocycles. The number of benzene rings is 2. The second kappa shape index (κ2) is 9.98. The largest absolute Gasteiger partial charge is 0.496 e. The number of ether oxygens (including phenoxy) is 4. The van der Waals surface area contributed by atoms with E-state index in [9.17, 15) is 9.59 Å². The molecule has 8 heteroatoms. The molecule has 2 aromatic rings. The first-order valence-corrected chi connectivity index (χ1v) is 9.67. The summed E-state index contributed by atoms with van der Waals surface area (Å²) in [6, 6.07) is 9.94. The van der Waals surface area contributed by atoms with E-state index in [2.05, 4.69) is 10.6 Å². The third-order valence-corrected chi connectivity index (χ3v) is 4.88. The van der Waals surface area contributed by atoms with Crippen LogP contribution in [0.2, 0.25) is 0 Å². The van der Waals surface area contributed by atoms with Gasteiger partial charge >= 0.3 is 0 Å². The van der Waals surface area contributed by atoms with Gasteiger partial charge in [0.25, 0.3) is 11.8 Å². The van der Waals surface area contributed by atoms with Gasteiger partial charge in [-0.1, -0.05) is 12.1 Å². The number of rotatable bonds is 8. The first kappa shape index (κ1) is 21.4. The van der Waals surface area contributed by atoms with Gasteiger partial charge in [0.15, 0.2) is 11.5 Å². The maximum absolute atomic E-state index is 13.0. The first-order valence-electron chi connectivity index (χ1n) is 9.67. The van der Waals surface area contributed by atoms with E-state index < -0.39 is 5.91 Å². The molecule has 1 unspecified atom stereocenters. The van der Waals surface area contributed by atoms with Gasteiger partial charge < -0.3 is 29.6 Å². The van der Waals surface area contributed by atoms with E-state index in [0.29, 0.717) is 35.0 Å². The van der Waals surface area contributed by atoms with E-state index in [-0.39, 0.29) is 17.6 Å². The van der Waals surface area contributed by atoms with Crippen LogP contribution in [0.5, 0.6) is 17.2 Å². The van der Waals surface area contributed by atoms with Crippen molar-refractivity contribution in [2.45, 2.75) is 18.9 Å². The van der Waals surface area contributed by atoms with Crippen LogP contribution < -0.4 is 24.8 Å². The Balaban J connectivity index is 1.79. The number of hydrogen-bond donors (Lipinski definition) is 2. The fraction of sp³-hybridized carbons (Fsp3) is 0.364. The number of nitrogens with one attached hydrogen (secondary N) is 2. The standard InChI is InChI=1S/C22H26N2O6/c1-27-18-12-20(29-3)19(28-2)11-16(18)22(26)24-17-9-5-4-8-15(17)21(25)23-13-14-7-6-10-30-14/h4-5,8-9,11-12,14H,6-7,10,13H2,1-3H3,(H,23,25)(H,24,26). The molecule has 1 aliphatic heterocycles. The van der Waals surface area contributed by atoms with Crippen molar-refractivity contribution in [3.63, 3.8) is 0 Å². The Morgan fingerprint density at radius 1 is 0.967 bits per heavy atom. The number of hydrogen-bond acceptors (Lipinski definition) is 6. The highest BCUT2D eigenvalue weighted by Crippen LogP contribution is 2.35. The van der Waals surface area contributed by atoms with Crippen molar-refractivity contribution < 1.29 is 28.5 Å². The van der Waals surface area contributed by atoms with E-state index in [4.69, 9.17) is 18.9 Å². The molecule has 0 saturated carbocycles. The SMILES string of the molecule is COc1cc(OC)c(C(=O)Nc2ccccc2C(=O)NCC2CCCO2)cc1OC. The van der Waals surface area contributed by atoms with Crippen LogP contribution >= 0.6 is 0 Å². The number of para-hydroxylation sites is 1. The summed E-state index contributed by atoms with van der Waals surface area (Å²) in [5.41, 5.74) is 1.01. The maximum Gasteiger partial charge on any atom is 0.259 e. The van der Waals surface area contributed by atoms with Gasteiger partial charge in [-0.2, -0.15) is 0 Å². The molecule has 1 aliphatic rings. The molecule has 160 valence electrons. The topological polar surface area (TPSA) is 95.1 Å². The number of methoxy groups -OCH3 is 3. The van der Waals surface area contributed by atoms with E-state index in [0.717, 1.165) is 19.4 Å². The van der Waals surface area contributed by atoms with Crippen LogP contribution in [0, 0.1) is 0 Å². The average Bonchev–Trinajstić information content (AvgIpc) is 3.30. The van der Waals surface area contributed by atoms with Crippen LogP contribution in [-0.2, 0) is 4.74 Å². The minimum absolute atomic E-state index is 0.0340. The summed E-state index contributed by atoms with van der Waals surface area (Å²) < 4.78 is 21.4. The van der Waals surface area contributed by atoms with Crippen molar-refractivity contribution in [2.24, 2.45) is 0 Å². The summed E-state index contributed by atoms with van der Waals surface area (Å²) in [6.07, 6.45) is 1.96. The summed E-state index contributed by atoms with van der Waals surface area (Å²) >= 11 is 0. The third kappa shape index (κ3) is 4.83. The lowest BCUT2D eigenvalue weighted by Gasteiger charge is -2.16. The van der Waals surface area contributed by atoms with Crippen LogP contribution in [-0.4, -0.2) is 52.4 Å². The molecule has 30 heavy (non-hydrogen) atoms.